The molecule has 2 amide bonds. The van der Waals surface area contributed by atoms with Gasteiger partial charge in [-0.3, -0.25) is 14.4 Å². The predicted molar refractivity (Wildman–Crippen MR) is 102 cm³/mol. The third kappa shape index (κ3) is 7.21. The van der Waals surface area contributed by atoms with Crippen LogP contribution < -0.4 is 15.4 Å². The van der Waals surface area contributed by atoms with Crippen LogP contribution in [0.15, 0.2) is 48.5 Å². The SMILES string of the molecule is CC(=O)Nc1ccc(CC(=O)O[C@@H](C)C(=O)Nc2ccccc2OC(F)F)cc1. The van der Waals surface area contributed by atoms with E-state index in [0.717, 1.165) is 0 Å². The minimum Gasteiger partial charge on any atom is -0.452 e. The molecular formula is C20H20F2N2O5. The Labute approximate surface area is 166 Å². The summed E-state index contributed by atoms with van der Waals surface area (Å²) in [6.07, 6.45) is -1.23. The van der Waals surface area contributed by atoms with E-state index >= 15 is 0 Å². The lowest BCUT2D eigenvalue weighted by molar-refractivity contribution is -0.152. The van der Waals surface area contributed by atoms with Gasteiger partial charge >= 0.3 is 12.6 Å². The highest BCUT2D eigenvalue weighted by Gasteiger charge is 2.20. The fourth-order valence-corrected chi connectivity index (χ4v) is 2.37. The van der Waals surface area contributed by atoms with Crippen molar-refractivity contribution >= 4 is 29.2 Å². The highest BCUT2D eigenvalue weighted by Crippen LogP contribution is 2.25. The number of carbonyl (C=O) groups is 3. The van der Waals surface area contributed by atoms with Crippen LogP contribution in [-0.4, -0.2) is 30.5 Å². The van der Waals surface area contributed by atoms with E-state index in [4.69, 9.17) is 4.74 Å². The number of amides is 2. The van der Waals surface area contributed by atoms with Crippen molar-refractivity contribution in [2.75, 3.05) is 10.6 Å². The molecule has 7 nitrogen and oxygen atoms in total. The van der Waals surface area contributed by atoms with E-state index in [1.807, 2.05) is 0 Å². The van der Waals surface area contributed by atoms with Crippen molar-refractivity contribution < 1.29 is 32.6 Å². The summed E-state index contributed by atoms with van der Waals surface area (Å²) in [6.45, 7) is -0.292. The zero-order valence-electron chi connectivity index (χ0n) is 15.8. The standard InChI is InChI=1S/C20H20F2N2O5/c1-12(19(27)24-16-5-3-4-6-17(16)29-20(21)22)28-18(26)11-14-7-9-15(10-8-14)23-13(2)25/h3-10,12,20H,11H2,1-2H3,(H,23,25)(H,24,27)/t12-/m0/s1. The zero-order chi connectivity index (χ0) is 21.4. The smallest absolute Gasteiger partial charge is 0.387 e. The molecule has 0 aliphatic rings. The van der Waals surface area contributed by atoms with E-state index in [9.17, 15) is 23.2 Å². The van der Waals surface area contributed by atoms with Gasteiger partial charge < -0.3 is 20.1 Å². The van der Waals surface area contributed by atoms with Crippen molar-refractivity contribution in [3.63, 3.8) is 0 Å². The topological polar surface area (TPSA) is 93.7 Å². The fraction of sp³-hybridized carbons (Fsp3) is 0.250. The van der Waals surface area contributed by atoms with E-state index in [1.165, 1.54) is 38.1 Å². The monoisotopic (exact) mass is 406 g/mol. The van der Waals surface area contributed by atoms with Gasteiger partial charge in [0.15, 0.2) is 6.10 Å². The zero-order valence-corrected chi connectivity index (χ0v) is 15.8. The molecule has 1 atom stereocenters. The van der Waals surface area contributed by atoms with Gasteiger partial charge in [0.2, 0.25) is 5.91 Å². The Morgan fingerprint density at radius 2 is 1.66 bits per heavy atom. The maximum absolute atomic E-state index is 12.4. The Kier molecular flexibility index (Phi) is 7.64. The first-order valence-electron chi connectivity index (χ1n) is 8.65. The van der Waals surface area contributed by atoms with Crippen LogP contribution in [-0.2, 0) is 25.5 Å². The molecule has 2 aromatic carbocycles. The molecule has 0 fully saturated rings. The minimum absolute atomic E-state index is 0.0364. The Morgan fingerprint density at radius 3 is 2.28 bits per heavy atom. The molecule has 0 saturated carbocycles. The second kappa shape index (κ2) is 10.2. The lowest BCUT2D eigenvalue weighted by Crippen LogP contribution is -2.30. The number of carbonyl (C=O) groups excluding carboxylic acids is 3. The lowest BCUT2D eigenvalue weighted by atomic mass is 10.1. The molecule has 0 unspecified atom stereocenters. The van der Waals surface area contributed by atoms with Gasteiger partial charge in [-0.1, -0.05) is 24.3 Å². The maximum Gasteiger partial charge on any atom is 0.387 e. The molecule has 0 saturated heterocycles. The number of hydrogen-bond acceptors (Lipinski definition) is 5. The van der Waals surface area contributed by atoms with Gasteiger partial charge in [0, 0.05) is 12.6 Å². The highest BCUT2D eigenvalue weighted by atomic mass is 19.3. The summed E-state index contributed by atoms with van der Waals surface area (Å²) in [4.78, 5) is 35.3. The molecular weight excluding hydrogens is 386 g/mol. The third-order valence-electron chi connectivity index (χ3n) is 3.66. The van der Waals surface area contributed by atoms with Crippen LogP contribution >= 0.6 is 0 Å². The minimum atomic E-state index is -3.04. The van der Waals surface area contributed by atoms with Crippen LogP contribution in [0.2, 0.25) is 0 Å². The highest BCUT2D eigenvalue weighted by molar-refractivity contribution is 5.96. The van der Waals surface area contributed by atoms with Crippen molar-refractivity contribution in [2.24, 2.45) is 0 Å². The van der Waals surface area contributed by atoms with Gasteiger partial charge in [-0.15, -0.1) is 0 Å². The van der Waals surface area contributed by atoms with Gasteiger partial charge in [-0.2, -0.15) is 8.78 Å². The number of nitrogens with one attached hydrogen (secondary N) is 2. The van der Waals surface area contributed by atoms with Gasteiger partial charge in [-0.25, -0.2) is 0 Å². The summed E-state index contributed by atoms with van der Waals surface area (Å²) in [7, 11) is 0. The average molecular weight is 406 g/mol. The van der Waals surface area contributed by atoms with Crippen LogP contribution in [0, 0.1) is 0 Å². The molecule has 0 radical (unpaired) electrons. The molecule has 29 heavy (non-hydrogen) atoms. The van der Waals surface area contributed by atoms with Crippen molar-refractivity contribution in [1.29, 1.82) is 0 Å². The van der Waals surface area contributed by atoms with Crippen LogP contribution in [0.1, 0.15) is 19.4 Å². The van der Waals surface area contributed by atoms with Crippen molar-refractivity contribution in [2.45, 2.75) is 33.0 Å². The number of esters is 1. The summed E-state index contributed by atoms with van der Waals surface area (Å²) >= 11 is 0. The summed E-state index contributed by atoms with van der Waals surface area (Å²) in [5.41, 5.74) is 1.26. The second-order valence-electron chi connectivity index (χ2n) is 6.05. The van der Waals surface area contributed by atoms with Crippen molar-refractivity contribution in [1.82, 2.24) is 0 Å². The molecule has 0 aliphatic carbocycles. The number of ether oxygens (including phenoxy) is 2. The maximum atomic E-state index is 12.4. The summed E-state index contributed by atoms with van der Waals surface area (Å²) < 4.78 is 34.3. The van der Waals surface area contributed by atoms with Gasteiger partial charge in [0.25, 0.3) is 5.91 Å². The molecule has 0 aliphatic heterocycles. The lowest BCUT2D eigenvalue weighted by Gasteiger charge is -2.16. The van der Waals surface area contributed by atoms with Crippen LogP contribution in [0.25, 0.3) is 0 Å². The number of halogens is 2. The number of anilines is 2. The molecule has 2 rings (SSSR count). The number of para-hydroxylation sites is 2. The Bertz CT molecular complexity index is 871. The fourth-order valence-electron chi connectivity index (χ4n) is 2.37. The van der Waals surface area contributed by atoms with Gasteiger partial charge in [0.05, 0.1) is 12.1 Å². The van der Waals surface area contributed by atoms with Gasteiger partial charge in [0.1, 0.15) is 5.75 Å². The molecule has 0 aromatic heterocycles. The normalized spacial score (nSPS) is 11.5. The van der Waals surface area contributed by atoms with Crippen molar-refractivity contribution in [3.8, 4) is 5.75 Å². The molecule has 2 aromatic rings. The number of benzene rings is 2. The first kappa shape index (κ1) is 21.8. The van der Waals surface area contributed by atoms with E-state index in [2.05, 4.69) is 15.4 Å². The number of hydrogen-bond donors (Lipinski definition) is 2. The molecule has 154 valence electrons. The Morgan fingerprint density at radius 1 is 1.00 bits per heavy atom. The van der Waals surface area contributed by atoms with Crippen LogP contribution in [0.5, 0.6) is 5.75 Å². The van der Waals surface area contributed by atoms with E-state index < -0.39 is 24.6 Å². The summed E-state index contributed by atoms with van der Waals surface area (Å²) in [5.74, 6) is -1.74. The largest absolute Gasteiger partial charge is 0.452 e. The summed E-state index contributed by atoms with van der Waals surface area (Å²) in [6, 6.07) is 12.3. The molecule has 0 spiro atoms. The van der Waals surface area contributed by atoms with Crippen LogP contribution in [0.4, 0.5) is 20.2 Å². The molecule has 2 N–H and O–H groups in total. The Balaban J connectivity index is 1.91. The predicted octanol–water partition coefficient (Wildman–Crippen LogP) is 3.36. The van der Waals surface area contributed by atoms with E-state index in [-0.39, 0.29) is 23.8 Å². The number of rotatable bonds is 8. The molecule has 9 heteroatoms. The van der Waals surface area contributed by atoms with Crippen molar-refractivity contribution in [3.05, 3.63) is 54.1 Å². The number of alkyl halides is 2. The van der Waals surface area contributed by atoms with E-state index in [1.54, 1.807) is 24.3 Å². The first-order chi connectivity index (χ1) is 13.7. The third-order valence-corrected chi connectivity index (χ3v) is 3.66. The molecule has 0 bridgehead atoms. The first-order valence-corrected chi connectivity index (χ1v) is 8.65. The average Bonchev–Trinajstić information content (AvgIpc) is 2.64. The van der Waals surface area contributed by atoms with E-state index in [0.29, 0.717) is 11.3 Å². The quantitative estimate of drug-likeness (QED) is 0.656. The Hall–Kier alpha value is -3.49. The molecule has 0 heterocycles. The van der Waals surface area contributed by atoms with Gasteiger partial charge in [-0.05, 0) is 36.8 Å². The van der Waals surface area contributed by atoms with Crippen LogP contribution in [0.3, 0.4) is 0 Å². The second-order valence-corrected chi connectivity index (χ2v) is 6.05. The summed E-state index contributed by atoms with van der Waals surface area (Å²) in [5, 5.41) is 5.00.